The number of halogens is 7. The second kappa shape index (κ2) is 12.5. The number of rotatable bonds is 11. The number of benzene rings is 2. The lowest BCUT2D eigenvalue weighted by atomic mass is 9.93. The molecule has 0 aromatic heterocycles. The fourth-order valence-corrected chi connectivity index (χ4v) is 3.00. The van der Waals surface area contributed by atoms with Gasteiger partial charge in [0.05, 0.1) is 30.9 Å². The summed E-state index contributed by atoms with van der Waals surface area (Å²) in [6, 6.07) is 8.81. The number of alkyl halides is 6. The van der Waals surface area contributed by atoms with Crippen LogP contribution >= 0.6 is 12.4 Å². The average molecular weight is 518 g/mol. The van der Waals surface area contributed by atoms with Gasteiger partial charge in [0.15, 0.2) is 0 Å². The van der Waals surface area contributed by atoms with Gasteiger partial charge in [0.25, 0.3) is 0 Å². The zero-order valence-electron chi connectivity index (χ0n) is 18.0. The second-order valence-electron chi connectivity index (χ2n) is 7.65. The van der Waals surface area contributed by atoms with Crippen LogP contribution in [0.1, 0.15) is 29.5 Å². The van der Waals surface area contributed by atoms with Gasteiger partial charge in [0, 0.05) is 0 Å². The molecule has 0 bridgehead atoms. The third-order valence-corrected chi connectivity index (χ3v) is 4.92. The van der Waals surface area contributed by atoms with Crippen molar-refractivity contribution in [1.82, 2.24) is 0 Å². The summed E-state index contributed by atoms with van der Waals surface area (Å²) in [4.78, 5) is 0. The van der Waals surface area contributed by atoms with Gasteiger partial charge >= 0.3 is 12.5 Å². The Morgan fingerprint density at radius 2 is 1.41 bits per heavy atom. The van der Waals surface area contributed by atoms with Crippen molar-refractivity contribution < 1.29 is 46.0 Å². The zero-order chi connectivity index (χ0) is 24.7. The van der Waals surface area contributed by atoms with Crippen molar-refractivity contribution in [2.75, 3.05) is 19.8 Å². The number of hydrogen-bond acceptors (Lipinski definition) is 5. The lowest BCUT2D eigenvalue weighted by Crippen LogP contribution is -2.47. The van der Waals surface area contributed by atoms with Crippen LogP contribution < -0.4 is 15.2 Å². The van der Waals surface area contributed by atoms with Gasteiger partial charge in [-0.3, -0.25) is 0 Å². The van der Waals surface area contributed by atoms with Crippen molar-refractivity contribution in [1.29, 1.82) is 0 Å². The highest BCUT2D eigenvalue weighted by molar-refractivity contribution is 5.85. The standard InChI is InChI=1S/C22H25F6NO4.ClH/c23-21(24,25)18-12-16(9-10-20(29,13-30)14-31)5-8-19(18)32-11-1-2-15-3-6-17(7-4-15)33-22(26,27)28;/h3-8,12,30-31H,1-2,9-11,13-14,29H2;1H. The maximum Gasteiger partial charge on any atom is 0.573 e. The molecule has 0 heterocycles. The summed E-state index contributed by atoms with van der Waals surface area (Å²) in [5, 5.41) is 18.4. The molecule has 0 unspecified atom stereocenters. The van der Waals surface area contributed by atoms with E-state index in [-0.39, 0.29) is 43.4 Å². The van der Waals surface area contributed by atoms with E-state index in [1.807, 2.05) is 0 Å². The summed E-state index contributed by atoms with van der Waals surface area (Å²) in [5.41, 5.74) is 4.52. The molecule has 2 aromatic rings. The zero-order valence-corrected chi connectivity index (χ0v) is 18.8. The molecular weight excluding hydrogens is 492 g/mol. The van der Waals surface area contributed by atoms with Crippen LogP contribution in [0.2, 0.25) is 0 Å². The van der Waals surface area contributed by atoms with Gasteiger partial charge in [-0.1, -0.05) is 18.2 Å². The molecule has 0 fully saturated rings. The molecule has 0 radical (unpaired) electrons. The Labute approximate surface area is 198 Å². The van der Waals surface area contributed by atoms with E-state index in [1.54, 1.807) is 0 Å². The maximum absolute atomic E-state index is 13.5. The van der Waals surface area contributed by atoms with Crippen LogP contribution in [0.25, 0.3) is 0 Å². The first-order valence-corrected chi connectivity index (χ1v) is 10.0. The highest BCUT2D eigenvalue weighted by atomic mass is 35.5. The number of hydrogen-bond donors (Lipinski definition) is 3. The van der Waals surface area contributed by atoms with E-state index < -0.39 is 36.9 Å². The van der Waals surface area contributed by atoms with E-state index in [9.17, 15) is 36.6 Å². The van der Waals surface area contributed by atoms with Gasteiger partial charge in [0.1, 0.15) is 11.5 Å². The number of aliphatic hydroxyl groups is 2. The molecule has 5 nitrogen and oxygen atoms in total. The van der Waals surface area contributed by atoms with Crippen LogP contribution in [-0.4, -0.2) is 41.9 Å². The van der Waals surface area contributed by atoms with Crippen LogP contribution in [0.3, 0.4) is 0 Å². The van der Waals surface area contributed by atoms with Gasteiger partial charge in [-0.05, 0) is 61.1 Å². The molecule has 0 aliphatic rings. The van der Waals surface area contributed by atoms with Gasteiger partial charge in [-0.15, -0.1) is 25.6 Å². The largest absolute Gasteiger partial charge is 0.573 e. The molecule has 0 amide bonds. The highest BCUT2D eigenvalue weighted by Crippen LogP contribution is 2.37. The van der Waals surface area contributed by atoms with Crippen LogP contribution in [0.4, 0.5) is 26.3 Å². The Bertz CT molecular complexity index is 886. The Morgan fingerprint density at radius 3 is 1.94 bits per heavy atom. The third-order valence-electron chi connectivity index (χ3n) is 4.92. The molecule has 0 spiro atoms. The summed E-state index contributed by atoms with van der Waals surface area (Å²) in [6.07, 6.45) is -8.52. The smallest absolute Gasteiger partial charge is 0.493 e. The first-order valence-electron chi connectivity index (χ1n) is 10.0. The summed E-state index contributed by atoms with van der Waals surface area (Å²) in [7, 11) is 0. The normalized spacial score (nSPS) is 12.3. The number of aliphatic hydroxyl groups excluding tert-OH is 2. The lowest BCUT2D eigenvalue weighted by molar-refractivity contribution is -0.274. The summed E-state index contributed by atoms with van der Waals surface area (Å²) < 4.78 is 86.1. The quantitative estimate of drug-likeness (QED) is 0.298. The molecule has 192 valence electrons. The Balaban J connectivity index is 0.00000578. The van der Waals surface area contributed by atoms with E-state index in [0.29, 0.717) is 24.0 Å². The topological polar surface area (TPSA) is 84.9 Å². The lowest BCUT2D eigenvalue weighted by Gasteiger charge is -2.24. The predicted octanol–water partition coefficient (Wildman–Crippen LogP) is 4.65. The minimum absolute atomic E-state index is 0. The van der Waals surface area contributed by atoms with E-state index in [1.165, 1.54) is 24.3 Å². The van der Waals surface area contributed by atoms with E-state index >= 15 is 0 Å². The minimum Gasteiger partial charge on any atom is -0.493 e. The first-order chi connectivity index (χ1) is 15.3. The molecule has 0 aliphatic carbocycles. The summed E-state index contributed by atoms with van der Waals surface area (Å²) >= 11 is 0. The van der Waals surface area contributed by atoms with Crippen LogP contribution in [0, 0.1) is 0 Å². The van der Waals surface area contributed by atoms with Crippen LogP contribution in [-0.2, 0) is 19.0 Å². The predicted molar refractivity (Wildman–Crippen MR) is 115 cm³/mol. The van der Waals surface area contributed by atoms with Gasteiger partial charge in [0.2, 0.25) is 0 Å². The molecule has 12 heteroatoms. The first kappa shape index (κ1) is 29.8. The average Bonchev–Trinajstić information content (AvgIpc) is 2.75. The summed E-state index contributed by atoms with van der Waals surface area (Å²) in [6.45, 7) is -1.05. The Morgan fingerprint density at radius 1 is 0.824 bits per heavy atom. The van der Waals surface area contributed by atoms with Crippen molar-refractivity contribution in [2.45, 2.75) is 43.8 Å². The van der Waals surface area contributed by atoms with Crippen molar-refractivity contribution in [3.8, 4) is 11.5 Å². The van der Waals surface area contributed by atoms with Crippen LogP contribution in [0.5, 0.6) is 11.5 Å². The third kappa shape index (κ3) is 9.57. The van der Waals surface area contributed by atoms with Gasteiger partial charge in [-0.2, -0.15) is 13.2 Å². The van der Waals surface area contributed by atoms with Crippen molar-refractivity contribution in [2.24, 2.45) is 5.73 Å². The van der Waals surface area contributed by atoms with Gasteiger partial charge < -0.3 is 25.4 Å². The molecule has 2 rings (SSSR count). The van der Waals surface area contributed by atoms with E-state index in [0.717, 1.165) is 18.2 Å². The van der Waals surface area contributed by atoms with E-state index in [4.69, 9.17) is 10.5 Å². The van der Waals surface area contributed by atoms with Crippen molar-refractivity contribution in [3.05, 3.63) is 59.2 Å². The molecule has 4 N–H and O–H groups in total. The monoisotopic (exact) mass is 517 g/mol. The molecule has 0 saturated heterocycles. The fraction of sp³-hybridized carbons (Fsp3) is 0.455. The van der Waals surface area contributed by atoms with Crippen LogP contribution in [0.15, 0.2) is 42.5 Å². The summed E-state index contributed by atoms with van der Waals surface area (Å²) in [5.74, 6) is -0.703. The van der Waals surface area contributed by atoms with E-state index in [2.05, 4.69) is 4.74 Å². The molecule has 0 saturated carbocycles. The Hall–Kier alpha value is -2.21. The highest BCUT2D eigenvalue weighted by Gasteiger charge is 2.35. The molecule has 0 atom stereocenters. The molecule has 2 aromatic carbocycles. The van der Waals surface area contributed by atoms with Crippen molar-refractivity contribution in [3.63, 3.8) is 0 Å². The minimum atomic E-state index is -4.79. The van der Waals surface area contributed by atoms with Crippen molar-refractivity contribution >= 4 is 12.4 Å². The number of ether oxygens (including phenoxy) is 2. The SMILES string of the molecule is Cl.NC(CO)(CO)CCc1ccc(OCCCc2ccc(OC(F)(F)F)cc2)c(C(F)(F)F)c1. The number of nitrogens with two attached hydrogens (primary N) is 1. The molecule has 34 heavy (non-hydrogen) atoms. The Kier molecular flexibility index (Phi) is 10.9. The fourth-order valence-electron chi connectivity index (χ4n) is 3.00. The molecule has 0 aliphatic heterocycles. The number of aryl methyl sites for hydroxylation is 2. The maximum atomic E-state index is 13.5. The second-order valence-corrected chi connectivity index (χ2v) is 7.65. The molecular formula is C22H26ClF6NO4. The van der Waals surface area contributed by atoms with Gasteiger partial charge in [-0.25, -0.2) is 0 Å².